The second-order valence-corrected chi connectivity index (χ2v) is 7.75. The number of benzene rings is 2. The number of fused-ring (bicyclic) bond motifs is 1. The summed E-state index contributed by atoms with van der Waals surface area (Å²) < 4.78 is 19.8. The Balaban J connectivity index is 1.57. The van der Waals surface area contributed by atoms with E-state index in [4.69, 9.17) is 4.74 Å². The van der Waals surface area contributed by atoms with Crippen molar-refractivity contribution in [2.75, 3.05) is 11.4 Å². The molecule has 4 rings (SSSR count). The van der Waals surface area contributed by atoms with Crippen LogP contribution in [0.15, 0.2) is 54.3 Å². The van der Waals surface area contributed by atoms with Crippen molar-refractivity contribution in [2.24, 2.45) is 0 Å². The van der Waals surface area contributed by atoms with Gasteiger partial charge in [-0.3, -0.25) is 14.5 Å². The van der Waals surface area contributed by atoms with Gasteiger partial charge in [0.2, 0.25) is 5.91 Å². The van der Waals surface area contributed by atoms with Gasteiger partial charge in [-0.05, 0) is 37.1 Å². The van der Waals surface area contributed by atoms with E-state index < -0.39 is 11.7 Å². The van der Waals surface area contributed by atoms with E-state index in [1.807, 2.05) is 0 Å². The number of ether oxygens (including phenoxy) is 1. The highest BCUT2D eigenvalue weighted by Gasteiger charge is 2.32. The Morgan fingerprint density at radius 2 is 1.77 bits per heavy atom. The number of anilines is 1. The highest BCUT2D eigenvalue weighted by atomic mass is 19.1. The van der Waals surface area contributed by atoms with Crippen LogP contribution in [0.3, 0.4) is 0 Å². The van der Waals surface area contributed by atoms with Crippen molar-refractivity contribution in [1.82, 2.24) is 5.32 Å². The lowest BCUT2D eigenvalue weighted by Crippen LogP contribution is -2.46. The molecule has 0 unspecified atom stereocenters. The van der Waals surface area contributed by atoms with Gasteiger partial charge in [-0.15, -0.1) is 0 Å². The van der Waals surface area contributed by atoms with Gasteiger partial charge in [0.1, 0.15) is 12.4 Å². The fraction of sp³-hybridized carbons (Fsp3) is 0.333. The maximum Gasteiger partial charge on any atom is 0.294 e. The van der Waals surface area contributed by atoms with Gasteiger partial charge in [-0.2, -0.15) is 0 Å². The maximum atomic E-state index is 14.1. The maximum absolute atomic E-state index is 14.1. The van der Waals surface area contributed by atoms with Crippen molar-refractivity contribution in [3.05, 3.63) is 65.7 Å². The first kappa shape index (κ1) is 20.1. The molecule has 2 aromatic rings. The van der Waals surface area contributed by atoms with Gasteiger partial charge in [-0.25, -0.2) is 4.39 Å². The number of carbonyl (C=O) groups excluding carboxylic acids is 2. The zero-order chi connectivity index (χ0) is 20.9. The van der Waals surface area contributed by atoms with E-state index in [0.717, 1.165) is 25.7 Å². The Kier molecular flexibility index (Phi) is 6.12. The molecule has 0 bridgehead atoms. The van der Waals surface area contributed by atoms with Gasteiger partial charge in [0.25, 0.3) is 5.91 Å². The van der Waals surface area contributed by atoms with Crippen LogP contribution >= 0.6 is 0 Å². The fourth-order valence-electron chi connectivity index (χ4n) is 3.99. The minimum absolute atomic E-state index is 0.0129. The van der Waals surface area contributed by atoms with Crippen molar-refractivity contribution >= 4 is 23.6 Å². The molecule has 0 aromatic heterocycles. The molecule has 0 radical (unpaired) electrons. The first-order valence-electron chi connectivity index (χ1n) is 10.5. The molecule has 156 valence electrons. The van der Waals surface area contributed by atoms with Crippen LogP contribution in [0.1, 0.15) is 44.1 Å². The van der Waals surface area contributed by atoms with E-state index >= 15 is 0 Å². The summed E-state index contributed by atoms with van der Waals surface area (Å²) in [7, 11) is 0. The largest absolute Gasteiger partial charge is 0.449 e. The van der Waals surface area contributed by atoms with Crippen LogP contribution in [0.25, 0.3) is 6.08 Å². The molecule has 0 spiro atoms. The van der Waals surface area contributed by atoms with Gasteiger partial charge in [-0.1, -0.05) is 56.0 Å². The van der Waals surface area contributed by atoms with Crippen LogP contribution in [0, 0.1) is 5.82 Å². The molecule has 2 aliphatic rings. The molecule has 6 heteroatoms. The number of para-hydroxylation sites is 2. The monoisotopic (exact) mass is 408 g/mol. The second kappa shape index (κ2) is 9.11. The van der Waals surface area contributed by atoms with Crippen molar-refractivity contribution in [1.29, 1.82) is 0 Å². The first-order chi connectivity index (χ1) is 14.6. The Labute approximate surface area is 175 Å². The van der Waals surface area contributed by atoms with Crippen LogP contribution in [0.5, 0.6) is 5.75 Å². The zero-order valence-corrected chi connectivity index (χ0v) is 16.8. The number of rotatable bonds is 4. The number of hydrogen-bond acceptors (Lipinski definition) is 3. The Morgan fingerprint density at radius 3 is 2.53 bits per heavy atom. The molecule has 2 aromatic carbocycles. The molecule has 0 saturated heterocycles. The zero-order valence-electron chi connectivity index (χ0n) is 16.8. The molecule has 1 fully saturated rings. The number of carbonyl (C=O) groups is 2. The van der Waals surface area contributed by atoms with Crippen LogP contribution in [0.2, 0.25) is 0 Å². The van der Waals surface area contributed by atoms with Crippen LogP contribution in [-0.2, 0) is 9.59 Å². The number of nitrogens with zero attached hydrogens (tertiary/aromatic N) is 1. The van der Waals surface area contributed by atoms with E-state index in [1.54, 1.807) is 42.5 Å². The number of nitrogens with one attached hydrogen (secondary N) is 1. The van der Waals surface area contributed by atoms with E-state index in [1.165, 1.54) is 29.9 Å². The molecule has 1 heterocycles. The predicted molar refractivity (Wildman–Crippen MR) is 113 cm³/mol. The summed E-state index contributed by atoms with van der Waals surface area (Å²) in [4.78, 5) is 27.3. The van der Waals surface area contributed by atoms with Gasteiger partial charge < -0.3 is 10.1 Å². The molecule has 1 aliphatic heterocycles. The molecule has 1 saturated carbocycles. The average Bonchev–Trinajstić information content (AvgIpc) is 3.01. The third-order valence-electron chi connectivity index (χ3n) is 5.55. The van der Waals surface area contributed by atoms with E-state index in [0.29, 0.717) is 11.4 Å². The summed E-state index contributed by atoms with van der Waals surface area (Å²) in [6, 6.07) is 13.4. The molecular weight excluding hydrogens is 383 g/mol. The van der Waals surface area contributed by atoms with Crippen molar-refractivity contribution in [3.63, 3.8) is 0 Å². The Bertz CT molecular complexity index is 964. The van der Waals surface area contributed by atoms with Crippen LogP contribution in [0.4, 0.5) is 10.1 Å². The molecule has 30 heavy (non-hydrogen) atoms. The predicted octanol–water partition coefficient (Wildman–Crippen LogP) is 4.43. The lowest BCUT2D eigenvalue weighted by Gasteiger charge is -2.30. The summed E-state index contributed by atoms with van der Waals surface area (Å²) in [5.41, 5.74) is 0.785. The van der Waals surface area contributed by atoms with Crippen molar-refractivity contribution in [2.45, 2.75) is 44.6 Å². The average molecular weight is 408 g/mol. The minimum Gasteiger partial charge on any atom is -0.449 e. The van der Waals surface area contributed by atoms with E-state index in [2.05, 4.69) is 5.32 Å². The van der Waals surface area contributed by atoms with Gasteiger partial charge in [0.05, 0.1) is 5.69 Å². The highest BCUT2D eigenvalue weighted by molar-refractivity contribution is 6.12. The smallest absolute Gasteiger partial charge is 0.294 e. The number of hydrogen-bond donors (Lipinski definition) is 1. The van der Waals surface area contributed by atoms with Crippen LogP contribution < -0.4 is 15.0 Å². The van der Waals surface area contributed by atoms with Crippen LogP contribution in [-0.4, -0.2) is 24.4 Å². The van der Waals surface area contributed by atoms with Gasteiger partial charge in [0, 0.05) is 11.6 Å². The van der Waals surface area contributed by atoms with Gasteiger partial charge in [0.15, 0.2) is 11.5 Å². The second-order valence-electron chi connectivity index (χ2n) is 7.75. The molecule has 1 aliphatic carbocycles. The molecule has 2 amide bonds. The van der Waals surface area contributed by atoms with Crippen molar-refractivity contribution < 1.29 is 18.7 Å². The van der Waals surface area contributed by atoms with Gasteiger partial charge >= 0.3 is 0 Å². The van der Waals surface area contributed by atoms with E-state index in [-0.39, 0.29) is 29.8 Å². The Hall–Kier alpha value is -3.15. The summed E-state index contributed by atoms with van der Waals surface area (Å²) in [6.07, 6.45) is 7.94. The number of amides is 2. The third kappa shape index (κ3) is 4.53. The molecule has 0 atom stereocenters. The summed E-state index contributed by atoms with van der Waals surface area (Å²) in [6.45, 7) is -0.107. The first-order valence-corrected chi connectivity index (χ1v) is 10.5. The minimum atomic E-state index is -0.465. The third-order valence-corrected chi connectivity index (χ3v) is 5.55. The highest BCUT2D eigenvalue weighted by Crippen LogP contribution is 2.35. The molecule has 1 N–H and O–H groups in total. The molecule has 5 nitrogen and oxygen atoms in total. The SMILES string of the molecule is O=C(CN1C(=O)/C(=C/c2ccccc2F)Oc2ccccc21)NC1CCCCCC1. The summed E-state index contributed by atoms with van der Waals surface area (Å²) in [5.74, 6) is -0.661. The lowest BCUT2D eigenvalue weighted by molar-refractivity contribution is -0.124. The fourth-order valence-corrected chi connectivity index (χ4v) is 3.99. The molecular formula is C24H25FN2O3. The summed E-state index contributed by atoms with van der Waals surface area (Å²) >= 11 is 0. The topological polar surface area (TPSA) is 58.6 Å². The number of halogens is 1. The Morgan fingerprint density at radius 1 is 1.07 bits per heavy atom. The quantitative estimate of drug-likeness (QED) is 0.601. The van der Waals surface area contributed by atoms with E-state index in [9.17, 15) is 14.0 Å². The summed E-state index contributed by atoms with van der Waals surface area (Å²) in [5, 5.41) is 3.08. The van der Waals surface area contributed by atoms with Crippen molar-refractivity contribution in [3.8, 4) is 5.75 Å². The standard InChI is InChI=1S/C24H25FN2O3/c25-19-12-6-5-9-17(19)15-22-24(29)27(20-13-7-8-14-21(20)30-22)16-23(28)26-18-10-3-1-2-4-11-18/h5-9,12-15,18H,1-4,10-11,16H2,(H,26,28)/b22-15-. The lowest BCUT2D eigenvalue weighted by atomic mass is 10.1. The normalized spacial score (nSPS) is 18.5.